The van der Waals surface area contributed by atoms with Gasteiger partial charge in [-0.2, -0.15) is 0 Å². The molecule has 0 spiro atoms. The number of benzene rings is 1. The van der Waals surface area contributed by atoms with Gasteiger partial charge in [-0.3, -0.25) is 4.79 Å². The second-order valence-electron chi connectivity index (χ2n) is 3.01. The number of phenolic OH excluding ortho intramolecular Hbond substituents is 1. The molecule has 1 atom stereocenters. The standard InChI is InChI=1S/C10H11BrO4/c1-15-10(14)5-9(13)6-2-3-8(12)7(11)4-6/h2-4,9,12-13H,5H2,1H3/t9-/m0/s1. The third kappa shape index (κ3) is 3.21. The number of carbonyl (C=O) groups excluding carboxylic acids is 1. The second kappa shape index (κ2) is 5.14. The Labute approximate surface area is 95.6 Å². The third-order valence-electron chi connectivity index (χ3n) is 1.94. The average molecular weight is 275 g/mol. The zero-order chi connectivity index (χ0) is 11.4. The van der Waals surface area contributed by atoms with Gasteiger partial charge in [0.25, 0.3) is 0 Å². The molecule has 1 rings (SSSR count). The van der Waals surface area contributed by atoms with Gasteiger partial charge in [0, 0.05) is 0 Å². The molecule has 0 saturated heterocycles. The zero-order valence-corrected chi connectivity index (χ0v) is 9.69. The first-order valence-corrected chi connectivity index (χ1v) is 5.07. The Hall–Kier alpha value is -1.07. The molecule has 0 saturated carbocycles. The monoisotopic (exact) mass is 274 g/mol. The highest BCUT2D eigenvalue weighted by Gasteiger charge is 2.14. The molecule has 0 fully saturated rings. The highest BCUT2D eigenvalue weighted by atomic mass is 79.9. The van der Waals surface area contributed by atoms with Crippen molar-refractivity contribution in [3.63, 3.8) is 0 Å². The number of phenols is 1. The Kier molecular flexibility index (Phi) is 4.11. The summed E-state index contributed by atoms with van der Waals surface area (Å²) in [6.07, 6.45) is -1.03. The van der Waals surface area contributed by atoms with Crippen molar-refractivity contribution < 1.29 is 19.7 Å². The Morgan fingerprint density at radius 1 is 1.60 bits per heavy atom. The number of aliphatic hydroxyl groups excluding tert-OH is 1. The number of ether oxygens (including phenoxy) is 1. The molecular weight excluding hydrogens is 264 g/mol. The number of halogens is 1. The summed E-state index contributed by atoms with van der Waals surface area (Å²) >= 11 is 3.12. The quantitative estimate of drug-likeness (QED) is 0.825. The maximum Gasteiger partial charge on any atom is 0.308 e. The van der Waals surface area contributed by atoms with Crippen LogP contribution in [0.4, 0.5) is 0 Å². The van der Waals surface area contributed by atoms with Gasteiger partial charge in [0.1, 0.15) is 5.75 Å². The molecule has 4 nitrogen and oxygen atoms in total. The van der Waals surface area contributed by atoms with E-state index in [4.69, 9.17) is 0 Å². The molecule has 0 heterocycles. The van der Waals surface area contributed by atoms with Gasteiger partial charge in [0.15, 0.2) is 0 Å². The van der Waals surface area contributed by atoms with Crippen molar-refractivity contribution >= 4 is 21.9 Å². The second-order valence-corrected chi connectivity index (χ2v) is 3.86. The molecule has 82 valence electrons. The maximum atomic E-state index is 10.9. The Balaban J connectivity index is 2.78. The van der Waals surface area contributed by atoms with Crippen molar-refractivity contribution in [3.05, 3.63) is 28.2 Å². The summed E-state index contributed by atoms with van der Waals surface area (Å²) in [6, 6.07) is 4.55. The summed E-state index contributed by atoms with van der Waals surface area (Å²) in [6.45, 7) is 0. The van der Waals surface area contributed by atoms with Crippen LogP contribution in [0.2, 0.25) is 0 Å². The van der Waals surface area contributed by atoms with Crippen LogP contribution in [0.5, 0.6) is 5.75 Å². The average Bonchev–Trinajstić information content (AvgIpc) is 2.21. The van der Waals surface area contributed by atoms with Crippen LogP contribution >= 0.6 is 15.9 Å². The molecule has 0 amide bonds. The number of esters is 1. The minimum Gasteiger partial charge on any atom is -0.507 e. The third-order valence-corrected chi connectivity index (χ3v) is 2.58. The first kappa shape index (κ1) is 12.0. The van der Waals surface area contributed by atoms with Gasteiger partial charge in [-0.15, -0.1) is 0 Å². The van der Waals surface area contributed by atoms with Crippen molar-refractivity contribution in [2.45, 2.75) is 12.5 Å². The van der Waals surface area contributed by atoms with Crippen molar-refractivity contribution in [1.82, 2.24) is 0 Å². The highest BCUT2D eigenvalue weighted by molar-refractivity contribution is 9.10. The van der Waals surface area contributed by atoms with Crippen molar-refractivity contribution in [2.24, 2.45) is 0 Å². The van der Waals surface area contributed by atoms with Crippen molar-refractivity contribution in [1.29, 1.82) is 0 Å². The largest absolute Gasteiger partial charge is 0.507 e. The summed E-state index contributed by atoms with van der Waals surface area (Å²) in [5.74, 6) is -0.393. The number of aliphatic hydroxyl groups is 1. The number of aromatic hydroxyl groups is 1. The summed E-state index contributed by atoms with van der Waals surface area (Å²) in [5.41, 5.74) is 0.546. The fourth-order valence-electron chi connectivity index (χ4n) is 1.09. The molecule has 2 N–H and O–H groups in total. The van der Waals surface area contributed by atoms with E-state index in [9.17, 15) is 15.0 Å². The van der Waals surface area contributed by atoms with E-state index >= 15 is 0 Å². The predicted octanol–water partition coefficient (Wildman–Crippen LogP) is 1.75. The molecule has 0 bridgehead atoms. The van der Waals surface area contributed by atoms with Gasteiger partial charge < -0.3 is 14.9 Å². The van der Waals surface area contributed by atoms with Crippen LogP contribution in [-0.4, -0.2) is 23.3 Å². The molecule has 0 radical (unpaired) electrons. The van der Waals surface area contributed by atoms with Gasteiger partial charge >= 0.3 is 5.97 Å². The number of methoxy groups -OCH3 is 1. The molecule has 1 aromatic carbocycles. The van der Waals surface area contributed by atoms with E-state index in [1.165, 1.54) is 13.2 Å². The van der Waals surface area contributed by atoms with Crippen LogP contribution in [0.1, 0.15) is 18.1 Å². The van der Waals surface area contributed by atoms with Crippen LogP contribution < -0.4 is 0 Å². The summed E-state index contributed by atoms with van der Waals surface area (Å²) in [5, 5.41) is 18.9. The molecule has 0 aliphatic heterocycles. The Bertz CT molecular complexity index is 364. The topological polar surface area (TPSA) is 66.8 Å². The number of carbonyl (C=O) groups is 1. The van der Waals surface area contributed by atoms with Crippen molar-refractivity contribution in [2.75, 3.05) is 7.11 Å². The van der Waals surface area contributed by atoms with E-state index < -0.39 is 12.1 Å². The van der Waals surface area contributed by atoms with Crippen LogP contribution in [0, 0.1) is 0 Å². The number of hydrogen-bond acceptors (Lipinski definition) is 4. The normalized spacial score (nSPS) is 12.2. The summed E-state index contributed by atoms with van der Waals surface area (Å²) < 4.78 is 4.91. The van der Waals surface area contributed by atoms with Gasteiger partial charge in [-0.25, -0.2) is 0 Å². The first-order valence-electron chi connectivity index (χ1n) is 4.28. The van der Waals surface area contributed by atoms with Crippen molar-refractivity contribution in [3.8, 4) is 5.75 Å². The van der Waals surface area contributed by atoms with Gasteiger partial charge in [-0.1, -0.05) is 6.07 Å². The van der Waals surface area contributed by atoms with E-state index in [1.807, 2.05) is 0 Å². The van der Waals surface area contributed by atoms with Gasteiger partial charge in [-0.05, 0) is 33.6 Å². The lowest BCUT2D eigenvalue weighted by Gasteiger charge is -2.10. The zero-order valence-electron chi connectivity index (χ0n) is 8.11. The molecule has 0 aliphatic carbocycles. The van der Waals surface area contributed by atoms with E-state index in [0.29, 0.717) is 10.0 Å². The van der Waals surface area contributed by atoms with E-state index in [2.05, 4.69) is 20.7 Å². The lowest BCUT2D eigenvalue weighted by atomic mass is 10.1. The minimum absolute atomic E-state index is 0.0871. The first-order chi connectivity index (χ1) is 7.04. The van der Waals surface area contributed by atoms with Crippen LogP contribution in [-0.2, 0) is 9.53 Å². The van der Waals surface area contributed by atoms with E-state index in [-0.39, 0.29) is 12.2 Å². The fraction of sp³-hybridized carbons (Fsp3) is 0.300. The van der Waals surface area contributed by atoms with Gasteiger partial charge in [0.05, 0.1) is 24.1 Å². The molecular formula is C10H11BrO4. The molecule has 5 heteroatoms. The Morgan fingerprint density at radius 3 is 2.80 bits per heavy atom. The predicted molar refractivity (Wildman–Crippen MR) is 57.4 cm³/mol. The molecule has 0 aliphatic rings. The molecule has 0 aromatic heterocycles. The number of hydrogen-bond donors (Lipinski definition) is 2. The van der Waals surface area contributed by atoms with Crippen LogP contribution in [0.3, 0.4) is 0 Å². The lowest BCUT2D eigenvalue weighted by molar-refractivity contribution is -0.142. The maximum absolute atomic E-state index is 10.9. The van der Waals surface area contributed by atoms with E-state index in [0.717, 1.165) is 0 Å². The highest BCUT2D eigenvalue weighted by Crippen LogP contribution is 2.28. The SMILES string of the molecule is COC(=O)C[C@H](O)c1ccc(O)c(Br)c1. The summed E-state index contributed by atoms with van der Waals surface area (Å²) in [7, 11) is 1.27. The molecule has 0 unspecified atom stereocenters. The minimum atomic E-state index is -0.922. The van der Waals surface area contributed by atoms with E-state index in [1.54, 1.807) is 12.1 Å². The number of rotatable bonds is 3. The Morgan fingerprint density at radius 2 is 2.27 bits per heavy atom. The van der Waals surface area contributed by atoms with Crippen LogP contribution in [0.25, 0.3) is 0 Å². The lowest BCUT2D eigenvalue weighted by Crippen LogP contribution is -2.07. The van der Waals surface area contributed by atoms with Gasteiger partial charge in [0.2, 0.25) is 0 Å². The molecule has 1 aromatic rings. The summed E-state index contributed by atoms with van der Waals surface area (Å²) in [4.78, 5) is 10.9. The van der Waals surface area contributed by atoms with Crippen LogP contribution in [0.15, 0.2) is 22.7 Å². The smallest absolute Gasteiger partial charge is 0.308 e. The molecule has 15 heavy (non-hydrogen) atoms. The fourth-order valence-corrected chi connectivity index (χ4v) is 1.49.